The van der Waals surface area contributed by atoms with Crippen molar-refractivity contribution in [2.45, 2.75) is 20.3 Å². The van der Waals surface area contributed by atoms with Crippen LogP contribution < -0.4 is 5.73 Å². The highest BCUT2D eigenvalue weighted by atomic mass is 16.1. The van der Waals surface area contributed by atoms with Crippen LogP contribution in [0.4, 0.5) is 0 Å². The highest BCUT2D eigenvalue weighted by Crippen LogP contribution is 1.97. The maximum absolute atomic E-state index is 10.9. The molecule has 0 aliphatic rings. The lowest BCUT2D eigenvalue weighted by molar-refractivity contribution is -0.114. The number of carbonyl (C=O) groups excluding carboxylic acids is 1. The van der Waals surface area contributed by atoms with Gasteiger partial charge in [-0.25, -0.2) is 0 Å². The third-order valence-corrected chi connectivity index (χ3v) is 1.55. The van der Waals surface area contributed by atoms with Crippen LogP contribution in [0.25, 0.3) is 0 Å². The Labute approximate surface area is 85.5 Å². The highest BCUT2D eigenvalue weighted by Gasteiger charge is 1.96. The molecule has 0 aromatic carbocycles. The Morgan fingerprint density at radius 2 is 1.93 bits per heavy atom. The van der Waals surface area contributed by atoms with E-state index in [2.05, 4.69) is 0 Å². The first-order valence-corrected chi connectivity index (χ1v) is 4.62. The van der Waals surface area contributed by atoms with Gasteiger partial charge in [-0.2, -0.15) is 0 Å². The number of hydrogen-bond donors (Lipinski definition) is 1. The molecule has 0 rings (SSSR count). The number of primary amides is 1. The van der Waals surface area contributed by atoms with Gasteiger partial charge in [-0.3, -0.25) is 4.79 Å². The minimum Gasteiger partial charge on any atom is -0.366 e. The minimum atomic E-state index is -0.404. The molecule has 0 radical (unpaired) electrons. The molecule has 0 aromatic heterocycles. The van der Waals surface area contributed by atoms with Crippen LogP contribution in [0.1, 0.15) is 20.3 Å². The van der Waals surface area contributed by atoms with E-state index in [0.29, 0.717) is 5.57 Å². The fourth-order valence-electron chi connectivity index (χ4n) is 0.864. The Bertz CT molecular complexity index is 283. The average molecular weight is 191 g/mol. The second-order valence-electron chi connectivity index (χ2n) is 2.72. The molecule has 0 heterocycles. The molecule has 76 valence electrons. The first kappa shape index (κ1) is 12.4. The van der Waals surface area contributed by atoms with Gasteiger partial charge >= 0.3 is 0 Å². The van der Waals surface area contributed by atoms with Crippen molar-refractivity contribution in [1.82, 2.24) is 0 Å². The van der Waals surface area contributed by atoms with E-state index in [1.54, 1.807) is 18.2 Å². The molecule has 0 saturated heterocycles. The van der Waals surface area contributed by atoms with E-state index in [-0.39, 0.29) is 0 Å². The summed E-state index contributed by atoms with van der Waals surface area (Å²) in [4.78, 5) is 10.9. The molecule has 2 heteroatoms. The van der Waals surface area contributed by atoms with Crippen molar-refractivity contribution >= 4 is 5.91 Å². The molecular formula is C12H17NO. The second-order valence-corrected chi connectivity index (χ2v) is 2.72. The predicted molar refractivity (Wildman–Crippen MR) is 60.7 cm³/mol. The fourth-order valence-corrected chi connectivity index (χ4v) is 0.864. The number of carbonyl (C=O) groups is 1. The van der Waals surface area contributed by atoms with Gasteiger partial charge in [0.1, 0.15) is 0 Å². The monoisotopic (exact) mass is 191 g/mol. The van der Waals surface area contributed by atoms with E-state index >= 15 is 0 Å². The van der Waals surface area contributed by atoms with E-state index in [1.165, 1.54) is 0 Å². The topological polar surface area (TPSA) is 43.1 Å². The van der Waals surface area contributed by atoms with Gasteiger partial charge in [0, 0.05) is 5.57 Å². The van der Waals surface area contributed by atoms with E-state index in [4.69, 9.17) is 5.73 Å². The normalized spacial score (nSPS) is 13.4. The van der Waals surface area contributed by atoms with E-state index < -0.39 is 5.91 Å². The van der Waals surface area contributed by atoms with E-state index in [1.807, 2.05) is 38.2 Å². The van der Waals surface area contributed by atoms with Crippen molar-refractivity contribution < 1.29 is 4.79 Å². The minimum absolute atomic E-state index is 0.404. The SMILES string of the molecule is CC=CCC=CC=C(C=CC)C(N)=O. The van der Waals surface area contributed by atoms with Crippen LogP contribution in [-0.2, 0) is 4.79 Å². The molecule has 0 saturated carbocycles. The zero-order valence-electron chi connectivity index (χ0n) is 8.73. The van der Waals surface area contributed by atoms with Gasteiger partial charge in [-0.1, -0.05) is 36.5 Å². The third kappa shape index (κ3) is 6.00. The standard InChI is InChI=1S/C12H17NO/c1-3-5-6-7-8-10-11(9-4-2)12(13)14/h3-5,7-10H,6H2,1-2H3,(H2,13,14). The van der Waals surface area contributed by atoms with Gasteiger partial charge in [-0.15, -0.1) is 0 Å². The zero-order valence-corrected chi connectivity index (χ0v) is 8.73. The number of nitrogens with two attached hydrogens (primary N) is 1. The zero-order chi connectivity index (χ0) is 10.8. The van der Waals surface area contributed by atoms with Crippen molar-refractivity contribution in [1.29, 1.82) is 0 Å². The van der Waals surface area contributed by atoms with Crippen LogP contribution in [0.15, 0.2) is 48.1 Å². The Hall–Kier alpha value is -1.57. The van der Waals surface area contributed by atoms with Crippen LogP contribution in [0.5, 0.6) is 0 Å². The van der Waals surface area contributed by atoms with E-state index in [9.17, 15) is 4.79 Å². The Morgan fingerprint density at radius 3 is 2.43 bits per heavy atom. The van der Waals surface area contributed by atoms with Gasteiger partial charge in [0.15, 0.2) is 0 Å². The van der Waals surface area contributed by atoms with Crippen LogP contribution >= 0.6 is 0 Å². The Kier molecular flexibility index (Phi) is 7.15. The molecule has 0 aromatic rings. The summed E-state index contributed by atoms with van der Waals surface area (Å²) in [5.74, 6) is -0.404. The van der Waals surface area contributed by atoms with Crippen LogP contribution in [0, 0.1) is 0 Å². The quantitative estimate of drug-likeness (QED) is 0.405. The smallest absolute Gasteiger partial charge is 0.248 e. The maximum Gasteiger partial charge on any atom is 0.248 e. The fraction of sp³-hybridized carbons (Fsp3) is 0.250. The van der Waals surface area contributed by atoms with Crippen molar-refractivity contribution in [3.8, 4) is 0 Å². The van der Waals surface area contributed by atoms with Gasteiger partial charge in [0.25, 0.3) is 0 Å². The summed E-state index contributed by atoms with van der Waals surface area (Å²) in [5.41, 5.74) is 5.68. The van der Waals surface area contributed by atoms with Crippen LogP contribution in [0.3, 0.4) is 0 Å². The average Bonchev–Trinajstić information content (AvgIpc) is 2.15. The van der Waals surface area contributed by atoms with Gasteiger partial charge in [0.2, 0.25) is 5.91 Å². The van der Waals surface area contributed by atoms with Gasteiger partial charge in [-0.05, 0) is 26.3 Å². The molecule has 1 amide bonds. The van der Waals surface area contributed by atoms with Crippen molar-refractivity contribution in [2.75, 3.05) is 0 Å². The van der Waals surface area contributed by atoms with Crippen molar-refractivity contribution in [3.63, 3.8) is 0 Å². The number of rotatable bonds is 5. The molecule has 0 aliphatic heterocycles. The van der Waals surface area contributed by atoms with Crippen LogP contribution in [0.2, 0.25) is 0 Å². The first-order chi connectivity index (χ1) is 6.72. The molecule has 0 spiro atoms. The van der Waals surface area contributed by atoms with E-state index in [0.717, 1.165) is 6.42 Å². The molecular weight excluding hydrogens is 174 g/mol. The summed E-state index contributed by atoms with van der Waals surface area (Å²) < 4.78 is 0. The molecule has 0 atom stereocenters. The third-order valence-electron chi connectivity index (χ3n) is 1.55. The molecule has 14 heavy (non-hydrogen) atoms. The first-order valence-electron chi connectivity index (χ1n) is 4.62. The second kappa shape index (κ2) is 8.05. The highest BCUT2D eigenvalue weighted by molar-refractivity contribution is 5.95. The van der Waals surface area contributed by atoms with Gasteiger partial charge < -0.3 is 5.73 Å². The lowest BCUT2D eigenvalue weighted by Crippen LogP contribution is -2.12. The lowest BCUT2D eigenvalue weighted by atomic mass is 10.2. The summed E-state index contributed by atoms with van der Waals surface area (Å²) >= 11 is 0. The predicted octanol–water partition coefficient (Wildman–Crippen LogP) is 2.50. The Balaban J connectivity index is 4.29. The van der Waals surface area contributed by atoms with Gasteiger partial charge in [0.05, 0.1) is 0 Å². The Morgan fingerprint density at radius 1 is 1.21 bits per heavy atom. The molecule has 2 nitrogen and oxygen atoms in total. The number of allylic oxidation sites excluding steroid dienone is 6. The molecule has 2 N–H and O–H groups in total. The summed E-state index contributed by atoms with van der Waals surface area (Å²) in [6.45, 7) is 3.82. The summed E-state index contributed by atoms with van der Waals surface area (Å²) in [6.07, 6.45) is 13.9. The molecule has 0 unspecified atom stereocenters. The largest absolute Gasteiger partial charge is 0.366 e. The van der Waals surface area contributed by atoms with Crippen molar-refractivity contribution in [2.24, 2.45) is 5.73 Å². The van der Waals surface area contributed by atoms with Crippen molar-refractivity contribution in [3.05, 3.63) is 48.1 Å². The summed E-state index contributed by atoms with van der Waals surface area (Å²) in [7, 11) is 0. The molecule has 0 aliphatic carbocycles. The molecule has 0 fully saturated rings. The lowest BCUT2D eigenvalue weighted by Gasteiger charge is -1.91. The molecule has 0 bridgehead atoms. The van der Waals surface area contributed by atoms with Crippen LogP contribution in [-0.4, -0.2) is 5.91 Å². The number of amides is 1. The summed E-state index contributed by atoms with van der Waals surface area (Å²) in [6, 6.07) is 0. The maximum atomic E-state index is 10.9. The summed E-state index contributed by atoms with van der Waals surface area (Å²) in [5, 5.41) is 0. The number of hydrogen-bond acceptors (Lipinski definition) is 1.